The number of unbranched alkanes of at least 4 members (excludes halogenated alkanes) is 1. The molecule has 0 amide bonds. The molecule has 0 heterocycles. The van der Waals surface area contributed by atoms with Crippen molar-refractivity contribution in [2.75, 3.05) is 0 Å². The summed E-state index contributed by atoms with van der Waals surface area (Å²) in [6, 6.07) is 17.5. The maximum absolute atomic E-state index is 8.52. The van der Waals surface area contributed by atoms with Gasteiger partial charge in [-0.1, -0.05) is 0 Å². The fraction of sp³-hybridized carbons (Fsp3) is 0.278. The predicted octanol–water partition coefficient (Wildman–Crippen LogP) is 4.59. The van der Waals surface area contributed by atoms with Crippen LogP contribution in [-0.2, 0) is 6.42 Å². The van der Waals surface area contributed by atoms with E-state index >= 15 is 0 Å². The van der Waals surface area contributed by atoms with Crippen LogP contribution in [0.3, 0.4) is 0 Å². The quantitative estimate of drug-likeness (QED) is 0.562. The van der Waals surface area contributed by atoms with Gasteiger partial charge in [0.2, 0.25) is 0 Å². The van der Waals surface area contributed by atoms with Gasteiger partial charge in [-0.05, 0) is 6.92 Å². The third-order valence-electron chi connectivity index (χ3n) is 3.37. The van der Waals surface area contributed by atoms with E-state index in [1.807, 2.05) is 0 Å². The van der Waals surface area contributed by atoms with Gasteiger partial charge in [0.1, 0.15) is 0 Å². The van der Waals surface area contributed by atoms with Crippen molar-refractivity contribution in [3.05, 3.63) is 59.7 Å². The van der Waals surface area contributed by atoms with E-state index in [4.69, 9.17) is 5.26 Å². The third-order valence-corrected chi connectivity index (χ3v) is 4.67. The molecule has 2 aromatic rings. The van der Waals surface area contributed by atoms with E-state index in [-0.39, 0.29) is 15.0 Å². The van der Waals surface area contributed by atoms with Gasteiger partial charge < -0.3 is 0 Å². The molecule has 0 saturated heterocycles. The predicted molar refractivity (Wildman–Crippen MR) is 85.7 cm³/mol. The summed E-state index contributed by atoms with van der Waals surface area (Å²) >= 11 is 0.190. The number of nitrogens with zero attached hydrogens (tertiary/aromatic N) is 1. The number of benzene rings is 2. The van der Waals surface area contributed by atoms with Crippen molar-refractivity contribution in [1.82, 2.24) is 0 Å². The van der Waals surface area contributed by atoms with Crippen molar-refractivity contribution in [3.8, 4) is 16.1 Å². The minimum atomic E-state index is 0.190. The van der Waals surface area contributed by atoms with Crippen molar-refractivity contribution in [2.45, 2.75) is 31.5 Å². The zero-order valence-electron chi connectivity index (χ0n) is 11.8. The average Bonchev–Trinajstić information content (AvgIpc) is 2.49. The van der Waals surface area contributed by atoms with Crippen LogP contribution in [0.25, 0.3) is 11.1 Å². The van der Waals surface area contributed by atoms with E-state index in [9.17, 15) is 0 Å². The molecule has 20 heavy (non-hydrogen) atoms. The van der Waals surface area contributed by atoms with Crippen molar-refractivity contribution in [3.63, 3.8) is 0 Å². The first-order valence-electron chi connectivity index (χ1n) is 6.96. The van der Waals surface area contributed by atoms with E-state index in [0.29, 0.717) is 0 Å². The number of rotatable bonds is 6. The average molecular weight is 328 g/mol. The monoisotopic (exact) mass is 329 g/mol. The molecule has 0 N–H and O–H groups in total. The Morgan fingerprint density at radius 2 is 1.50 bits per heavy atom. The molecule has 0 aliphatic carbocycles. The summed E-state index contributed by atoms with van der Waals surface area (Å²) in [5.74, 6) is 0. The Hall–Kier alpha value is -1.55. The molecule has 0 aliphatic heterocycles. The zero-order valence-corrected chi connectivity index (χ0v) is 13.5. The molecule has 0 atom stereocenters. The van der Waals surface area contributed by atoms with E-state index < -0.39 is 0 Å². The zero-order chi connectivity index (χ0) is 14.2. The summed E-state index contributed by atoms with van der Waals surface area (Å²) < 4.78 is 0. The summed E-state index contributed by atoms with van der Waals surface area (Å²) in [4.78, 5) is 2.26. The van der Waals surface area contributed by atoms with Gasteiger partial charge in [0.05, 0.1) is 0 Å². The van der Waals surface area contributed by atoms with Crippen LogP contribution in [0.5, 0.6) is 0 Å². The molecule has 0 unspecified atom stereocenters. The van der Waals surface area contributed by atoms with Gasteiger partial charge in [-0.3, -0.25) is 0 Å². The van der Waals surface area contributed by atoms with Crippen LogP contribution in [-0.4, -0.2) is 15.0 Å². The molecule has 0 aliphatic rings. The molecule has 0 spiro atoms. The van der Waals surface area contributed by atoms with Crippen molar-refractivity contribution < 1.29 is 0 Å². The molecular formula is C18H19NSe. The third kappa shape index (κ3) is 4.53. The van der Waals surface area contributed by atoms with E-state index in [2.05, 4.69) is 60.4 Å². The summed E-state index contributed by atoms with van der Waals surface area (Å²) in [7, 11) is 0. The normalized spacial score (nSPS) is 10.2. The fourth-order valence-electron chi connectivity index (χ4n) is 2.16. The molecule has 2 aromatic carbocycles. The molecule has 0 bridgehead atoms. The van der Waals surface area contributed by atoms with Gasteiger partial charge >= 0.3 is 121 Å². The Morgan fingerprint density at radius 1 is 0.900 bits per heavy atom. The Labute approximate surface area is 127 Å². The van der Waals surface area contributed by atoms with Gasteiger partial charge in [0.25, 0.3) is 0 Å². The molecule has 2 heteroatoms. The molecule has 1 nitrogen and oxygen atoms in total. The van der Waals surface area contributed by atoms with Crippen LogP contribution in [0.4, 0.5) is 0 Å². The summed E-state index contributed by atoms with van der Waals surface area (Å²) in [5.41, 5.74) is 5.25. The Morgan fingerprint density at radius 3 is 2.10 bits per heavy atom. The fourth-order valence-corrected chi connectivity index (χ4v) is 3.08. The topological polar surface area (TPSA) is 23.8 Å². The number of hydrogen-bond acceptors (Lipinski definition) is 1. The van der Waals surface area contributed by atoms with E-state index in [0.717, 1.165) is 11.7 Å². The van der Waals surface area contributed by atoms with Crippen molar-refractivity contribution in [2.24, 2.45) is 0 Å². The second-order valence-corrected chi connectivity index (χ2v) is 6.81. The molecular weight excluding hydrogens is 309 g/mol. The van der Waals surface area contributed by atoms with Crippen LogP contribution < -0.4 is 0 Å². The second-order valence-electron chi connectivity index (χ2n) is 4.96. The Kier molecular flexibility index (Phi) is 5.86. The molecule has 0 aromatic heterocycles. The number of hydrogen-bond donors (Lipinski definition) is 0. The first-order chi connectivity index (χ1) is 9.79. The van der Waals surface area contributed by atoms with Crippen LogP contribution in [0.2, 0.25) is 5.32 Å². The van der Waals surface area contributed by atoms with Crippen LogP contribution in [0.1, 0.15) is 24.0 Å². The van der Waals surface area contributed by atoms with Crippen LogP contribution >= 0.6 is 0 Å². The maximum atomic E-state index is 8.52. The first kappa shape index (κ1) is 14.9. The van der Waals surface area contributed by atoms with Crippen molar-refractivity contribution in [1.29, 1.82) is 5.26 Å². The summed E-state index contributed by atoms with van der Waals surface area (Å²) in [6.45, 7) is 2.11. The molecule has 0 radical (unpaired) electrons. The molecule has 102 valence electrons. The molecule has 0 fully saturated rings. The molecule has 2 rings (SSSR count). The van der Waals surface area contributed by atoms with Gasteiger partial charge in [0.15, 0.2) is 0 Å². The van der Waals surface area contributed by atoms with Gasteiger partial charge in [0, 0.05) is 0 Å². The van der Waals surface area contributed by atoms with E-state index in [1.165, 1.54) is 35.1 Å². The summed E-state index contributed by atoms with van der Waals surface area (Å²) in [6.07, 6.45) is 3.48. The first-order valence-corrected chi connectivity index (χ1v) is 9.03. The number of aryl methyl sites for hydroxylation is 2. The Bertz CT molecular complexity index is 564. The minimum absolute atomic E-state index is 0.190. The second kappa shape index (κ2) is 7.90. The molecule has 0 saturated carbocycles. The van der Waals surface area contributed by atoms with Crippen LogP contribution in [0.15, 0.2) is 48.5 Å². The van der Waals surface area contributed by atoms with Gasteiger partial charge in [-0.25, -0.2) is 0 Å². The Balaban J connectivity index is 1.90. The van der Waals surface area contributed by atoms with Gasteiger partial charge in [-0.15, -0.1) is 0 Å². The van der Waals surface area contributed by atoms with E-state index in [1.54, 1.807) is 0 Å². The summed E-state index contributed by atoms with van der Waals surface area (Å²) in [5, 5.41) is 9.60. The number of nitriles is 1. The standard InChI is InChI=1S/C18H19NSe/c1-15-5-9-17(10-6-15)18-11-7-16(8-12-18)4-2-3-13-20-14-19/h5-12H,2-4,13H2,1H3. The SMILES string of the molecule is Cc1ccc(-c2ccc(CCCC[Se]C#N)cc2)cc1. The van der Waals surface area contributed by atoms with Gasteiger partial charge in [-0.2, -0.15) is 0 Å². The van der Waals surface area contributed by atoms with Crippen molar-refractivity contribution >= 4 is 15.0 Å². The van der Waals surface area contributed by atoms with Crippen LogP contribution in [0, 0.1) is 17.2 Å².